The van der Waals surface area contributed by atoms with Crippen molar-refractivity contribution >= 4 is 17.3 Å². The first-order chi connectivity index (χ1) is 6.02. The summed E-state index contributed by atoms with van der Waals surface area (Å²) < 4.78 is 0. The molecule has 0 bridgehead atoms. The molecule has 3 heteroatoms. The molecular weight excluding hydrogens is 168 g/mol. The molecule has 0 aromatic rings. The molecule has 0 aromatic carbocycles. The normalized spacial score (nSPS) is 22.3. The summed E-state index contributed by atoms with van der Waals surface area (Å²) in [7, 11) is 0. The second-order valence-electron chi connectivity index (χ2n) is 3.50. The summed E-state index contributed by atoms with van der Waals surface area (Å²) in [4.78, 5) is 33.1. The van der Waals surface area contributed by atoms with Crippen molar-refractivity contribution in [1.29, 1.82) is 0 Å². The van der Waals surface area contributed by atoms with Gasteiger partial charge in [0, 0.05) is 0 Å². The van der Waals surface area contributed by atoms with Crippen molar-refractivity contribution in [1.82, 2.24) is 0 Å². The predicted octanol–water partition coefficient (Wildman–Crippen LogP) is 1.07. The van der Waals surface area contributed by atoms with Gasteiger partial charge in [-0.25, -0.2) is 0 Å². The molecule has 0 aliphatic heterocycles. The Kier molecular flexibility index (Phi) is 2.76. The molecule has 3 nitrogen and oxygen atoms in total. The highest BCUT2D eigenvalue weighted by atomic mass is 16.2. The SMILES string of the molecule is CC(C)=CCC1C(=O)CC(=O)C1=O. The molecule has 0 aromatic heterocycles. The number of carbonyl (C=O) groups is 3. The first-order valence-corrected chi connectivity index (χ1v) is 4.25. The van der Waals surface area contributed by atoms with E-state index in [1.165, 1.54) is 0 Å². The van der Waals surface area contributed by atoms with E-state index in [0.717, 1.165) is 5.57 Å². The van der Waals surface area contributed by atoms with Gasteiger partial charge in [-0.2, -0.15) is 0 Å². The zero-order valence-corrected chi connectivity index (χ0v) is 7.79. The van der Waals surface area contributed by atoms with Crippen LogP contribution in [0, 0.1) is 5.92 Å². The van der Waals surface area contributed by atoms with Crippen molar-refractivity contribution in [2.45, 2.75) is 26.7 Å². The third-order valence-electron chi connectivity index (χ3n) is 2.08. The van der Waals surface area contributed by atoms with Gasteiger partial charge < -0.3 is 0 Å². The van der Waals surface area contributed by atoms with Crippen LogP contribution in [0.4, 0.5) is 0 Å². The van der Waals surface area contributed by atoms with E-state index >= 15 is 0 Å². The molecule has 1 atom stereocenters. The molecule has 1 aliphatic carbocycles. The zero-order valence-electron chi connectivity index (χ0n) is 7.79. The van der Waals surface area contributed by atoms with Crippen LogP contribution in [0.25, 0.3) is 0 Å². The fourth-order valence-electron chi connectivity index (χ4n) is 1.30. The van der Waals surface area contributed by atoms with Crippen LogP contribution in [0.2, 0.25) is 0 Å². The fraction of sp³-hybridized carbons (Fsp3) is 0.500. The fourth-order valence-corrected chi connectivity index (χ4v) is 1.30. The average molecular weight is 180 g/mol. The van der Waals surface area contributed by atoms with Crippen LogP contribution in [-0.4, -0.2) is 17.3 Å². The Labute approximate surface area is 76.8 Å². The van der Waals surface area contributed by atoms with E-state index < -0.39 is 17.5 Å². The van der Waals surface area contributed by atoms with Gasteiger partial charge in [0.2, 0.25) is 11.6 Å². The highest BCUT2D eigenvalue weighted by Crippen LogP contribution is 2.19. The average Bonchev–Trinajstić information content (AvgIpc) is 2.24. The summed E-state index contributed by atoms with van der Waals surface area (Å²) in [6.07, 6.45) is 2.00. The topological polar surface area (TPSA) is 51.2 Å². The van der Waals surface area contributed by atoms with Crippen LogP contribution in [0.5, 0.6) is 0 Å². The van der Waals surface area contributed by atoms with Gasteiger partial charge in [-0.1, -0.05) is 11.6 Å². The number of carbonyl (C=O) groups excluding carboxylic acids is 3. The lowest BCUT2D eigenvalue weighted by atomic mass is 10.0. The largest absolute Gasteiger partial charge is 0.298 e. The molecule has 13 heavy (non-hydrogen) atoms. The summed E-state index contributed by atoms with van der Waals surface area (Å²) >= 11 is 0. The van der Waals surface area contributed by atoms with Crippen molar-refractivity contribution in [3.63, 3.8) is 0 Å². The van der Waals surface area contributed by atoms with Gasteiger partial charge in [-0.05, 0) is 20.3 Å². The first-order valence-electron chi connectivity index (χ1n) is 4.25. The third-order valence-corrected chi connectivity index (χ3v) is 2.08. The second-order valence-corrected chi connectivity index (χ2v) is 3.50. The van der Waals surface area contributed by atoms with Gasteiger partial charge in [-0.15, -0.1) is 0 Å². The molecule has 0 spiro atoms. The van der Waals surface area contributed by atoms with E-state index in [1.54, 1.807) is 0 Å². The molecule has 0 heterocycles. The number of allylic oxidation sites excluding steroid dienone is 2. The van der Waals surface area contributed by atoms with E-state index in [2.05, 4.69) is 0 Å². The summed E-state index contributed by atoms with van der Waals surface area (Å²) in [5.41, 5.74) is 1.06. The molecular formula is C10H12O3. The maximum atomic E-state index is 11.1. The Morgan fingerprint density at radius 1 is 1.38 bits per heavy atom. The van der Waals surface area contributed by atoms with Crippen molar-refractivity contribution < 1.29 is 14.4 Å². The molecule has 1 rings (SSSR count). The van der Waals surface area contributed by atoms with E-state index in [9.17, 15) is 14.4 Å². The van der Waals surface area contributed by atoms with Crippen LogP contribution in [0.15, 0.2) is 11.6 Å². The molecule has 1 aliphatic rings. The minimum atomic E-state index is -0.692. The summed E-state index contributed by atoms with van der Waals surface area (Å²) in [5, 5.41) is 0. The quantitative estimate of drug-likeness (QED) is 0.363. The van der Waals surface area contributed by atoms with Crippen molar-refractivity contribution in [3.8, 4) is 0 Å². The Bertz CT molecular complexity index is 295. The monoisotopic (exact) mass is 180 g/mol. The van der Waals surface area contributed by atoms with Crippen LogP contribution in [-0.2, 0) is 14.4 Å². The van der Waals surface area contributed by atoms with Crippen molar-refractivity contribution in [3.05, 3.63) is 11.6 Å². The van der Waals surface area contributed by atoms with Gasteiger partial charge in [0.15, 0.2) is 5.78 Å². The summed E-state index contributed by atoms with van der Waals surface area (Å²) in [6, 6.07) is 0. The molecule has 0 N–H and O–H groups in total. The van der Waals surface area contributed by atoms with Gasteiger partial charge in [0.05, 0.1) is 12.3 Å². The van der Waals surface area contributed by atoms with Crippen LogP contribution in [0.3, 0.4) is 0 Å². The van der Waals surface area contributed by atoms with E-state index in [1.807, 2.05) is 19.9 Å². The Balaban J connectivity index is 2.70. The molecule has 0 saturated heterocycles. The Morgan fingerprint density at radius 3 is 2.38 bits per heavy atom. The highest BCUT2D eigenvalue weighted by Gasteiger charge is 2.38. The Hall–Kier alpha value is -1.25. The minimum absolute atomic E-state index is 0.194. The second kappa shape index (κ2) is 3.64. The molecule has 0 amide bonds. The standard InChI is InChI=1S/C10H12O3/c1-6(2)3-4-7-8(11)5-9(12)10(7)13/h3,7H,4-5H2,1-2H3. The molecule has 1 unspecified atom stereocenters. The highest BCUT2D eigenvalue weighted by molar-refractivity contribution is 6.49. The maximum Gasteiger partial charge on any atom is 0.209 e. The number of hydrogen-bond donors (Lipinski definition) is 0. The van der Waals surface area contributed by atoms with E-state index in [4.69, 9.17) is 0 Å². The first kappa shape index (κ1) is 9.84. The minimum Gasteiger partial charge on any atom is -0.298 e. The van der Waals surface area contributed by atoms with E-state index in [-0.39, 0.29) is 12.2 Å². The summed E-state index contributed by atoms with van der Waals surface area (Å²) in [6.45, 7) is 3.79. The smallest absolute Gasteiger partial charge is 0.209 e. The van der Waals surface area contributed by atoms with E-state index in [0.29, 0.717) is 6.42 Å². The lowest BCUT2D eigenvalue weighted by molar-refractivity contribution is -0.135. The summed E-state index contributed by atoms with van der Waals surface area (Å²) in [5.74, 6) is -1.96. The van der Waals surface area contributed by atoms with Gasteiger partial charge in [0.1, 0.15) is 0 Å². The van der Waals surface area contributed by atoms with Crippen molar-refractivity contribution in [2.24, 2.45) is 5.92 Å². The number of hydrogen-bond acceptors (Lipinski definition) is 3. The third kappa shape index (κ3) is 2.11. The Morgan fingerprint density at radius 2 is 2.00 bits per heavy atom. The zero-order chi connectivity index (χ0) is 10.0. The molecule has 70 valence electrons. The number of ketones is 3. The van der Waals surface area contributed by atoms with Crippen molar-refractivity contribution in [2.75, 3.05) is 0 Å². The predicted molar refractivity (Wildman–Crippen MR) is 47.2 cm³/mol. The van der Waals surface area contributed by atoms with Crippen LogP contribution < -0.4 is 0 Å². The number of Topliss-reactive ketones (excluding diaryl/α,β-unsaturated/α-hetero) is 3. The lowest BCUT2D eigenvalue weighted by Crippen LogP contribution is -2.16. The van der Waals surface area contributed by atoms with Crippen LogP contribution in [0.1, 0.15) is 26.7 Å². The lowest BCUT2D eigenvalue weighted by Gasteiger charge is -2.00. The molecule has 1 fully saturated rings. The van der Waals surface area contributed by atoms with Gasteiger partial charge in [-0.3, -0.25) is 14.4 Å². The molecule has 0 radical (unpaired) electrons. The van der Waals surface area contributed by atoms with Gasteiger partial charge in [0.25, 0.3) is 0 Å². The molecule has 1 saturated carbocycles. The number of rotatable bonds is 2. The van der Waals surface area contributed by atoms with Crippen LogP contribution >= 0.6 is 0 Å². The van der Waals surface area contributed by atoms with Gasteiger partial charge >= 0.3 is 0 Å². The maximum absolute atomic E-state index is 11.1.